The van der Waals surface area contributed by atoms with Gasteiger partial charge < -0.3 is 24.3 Å². The fraction of sp³-hybridized carbons (Fsp3) is 0.281. The Bertz CT molecular complexity index is 1710. The van der Waals surface area contributed by atoms with E-state index in [9.17, 15) is 14.7 Å². The van der Waals surface area contributed by atoms with E-state index in [4.69, 9.17) is 14.2 Å². The van der Waals surface area contributed by atoms with Crippen molar-refractivity contribution < 1.29 is 28.9 Å². The molecule has 2 N–H and O–H groups in total. The van der Waals surface area contributed by atoms with Crippen molar-refractivity contribution in [2.45, 2.75) is 39.2 Å². The molecular weight excluding hydrogens is 522 g/mol. The van der Waals surface area contributed by atoms with Gasteiger partial charge >= 0.3 is 5.91 Å². The molecular formula is C32H33N3O6. The minimum absolute atomic E-state index is 0.0658. The molecule has 0 spiro atoms. The number of aromatic amines is 1. The predicted octanol–water partition coefficient (Wildman–Crippen LogP) is 5.82. The van der Waals surface area contributed by atoms with E-state index in [1.54, 1.807) is 43.5 Å². The number of aliphatic hydroxyl groups is 1. The molecule has 1 aliphatic rings. The van der Waals surface area contributed by atoms with Crippen molar-refractivity contribution in [2.75, 3.05) is 26.2 Å². The molecule has 2 heterocycles. The molecule has 212 valence electrons. The Balaban J connectivity index is 1.76. The number of nitrogens with zero attached hydrogens (tertiary/aromatic N) is 2. The smallest absolute Gasteiger partial charge is 0.302 e. The van der Waals surface area contributed by atoms with Gasteiger partial charge in [0.1, 0.15) is 11.5 Å². The van der Waals surface area contributed by atoms with Crippen molar-refractivity contribution in [2.24, 2.45) is 0 Å². The van der Waals surface area contributed by atoms with E-state index >= 15 is 0 Å². The maximum atomic E-state index is 13.7. The van der Waals surface area contributed by atoms with Gasteiger partial charge in [-0.2, -0.15) is 0 Å². The lowest BCUT2D eigenvalue weighted by Gasteiger charge is -2.25. The molecule has 0 saturated carbocycles. The summed E-state index contributed by atoms with van der Waals surface area (Å²) in [5.74, 6) is -0.197. The van der Waals surface area contributed by atoms with Crippen molar-refractivity contribution in [3.05, 3.63) is 82.4 Å². The average molecular weight is 556 g/mol. The summed E-state index contributed by atoms with van der Waals surface area (Å²) in [6, 6.07) is 15.0. The number of imidazole rings is 1. The maximum absolute atomic E-state index is 13.7. The summed E-state index contributed by atoms with van der Waals surface area (Å²) in [4.78, 5) is 36.5. The first kappa shape index (κ1) is 27.8. The highest BCUT2D eigenvalue weighted by Gasteiger charge is 2.48. The van der Waals surface area contributed by atoms with E-state index in [0.717, 1.165) is 16.6 Å². The number of Topliss-reactive ketones (excluding diaryl/α,β-unsaturated/α-hetero) is 1. The highest BCUT2D eigenvalue weighted by Crippen LogP contribution is 2.44. The molecule has 1 atom stereocenters. The molecule has 4 aromatic rings. The third-order valence-electron chi connectivity index (χ3n) is 7.30. The number of aryl methyl sites for hydroxylation is 1. The van der Waals surface area contributed by atoms with E-state index in [2.05, 4.69) is 9.97 Å². The molecule has 5 rings (SSSR count). The number of anilines is 1. The Morgan fingerprint density at radius 1 is 0.902 bits per heavy atom. The first-order valence-electron chi connectivity index (χ1n) is 13.2. The maximum Gasteiger partial charge on any atom is 0.302 e. The number of nitrogens with one attached hydrogen (secondary N) is 1. The second-order valence-corrected chi connectivity index (χ2v) is 11.0. The lowest BCUT2D eigenvalue weighted by Crippen LogP contribution is -2.30. The summed E-state index contributed by atoms with van der Waals surface area (Å²) in [7, 11) is 4.61. The fourth-order valence-corrected chi connectivity index (χ4v) is 5.21. The van der Waals surface area contributed by atoms with Crippen LogP contribution in [0.1, 0.15) is 49.1 Å². The van der Waals surface area contributed by atoms with E-state index in [0.29, 0.717) is 33.9 Å². The van der Waals surface area contributed by atoms with Crippen molar-refractivity contribution in [3.63, 3.8) is 0 Å². The lowest BCUT2D eigenvalue weighted by atomic mass is 9.84. The Morgan fingerprint density at radius 2 is 1.59 bits per heavy atom. The van der Waals surface area contributed by atoms with Gasteiger partial charge in [-0.05, 0) is 65.9 Å². The number of ether oxygens (including phenoxy) is 3. The van der Waals surface area contributed by atoms with Gasteiger partial charge in [-0.15, -0.1) is 0 Å². The molecule has 1 fully saturated rings. The number of methoxy groups -OCH3 is 3. The molecule has 0 bridgehead atoms. The van der Waals surface area contributed by atoms with Crippen LogP contribution in [-0.2, 0) is 15.0 Å². The molecule has 1 unspecified atom stereocenters. The molecule has 1 aromatic heterocycles. The fourth-order valence-electron chi connectivity index (χ4n) is 5.21. The molecule has 1 amide bonds. The van der Waals surface area contributed by atoms with Gasteiger partial charge in [0.2, 0.25) is 5.95 Å². The van der Waals surface area contributed by atoms with Crippen molar-refractivity contribution in [1.29, 1.82) is 0 Å². The van der Waals surface area contributed by atoms with Gasteiger partial charge in [0.05, 0.1) is 44.0 Å². The van der Waals surface area contributed by atoms with E-state index in [1.165, 1.54) is 19.1 Å². The molecule has 1 aliphatic heterocycles. The van der Waals surface area contributed by atoms with Crippen LogP contribution < -0.4 is 19.1 Å². The number of ketones is 1. The van der Waals surface area contributed by atoms with Gasteiger partial charge in [-0.3, -0.25) is 14.5 Å². The van der Waals surface area contributed by atoms with E-state index in [1.807, 2.05) is 45.9 Å². The number of amides is 1. The molecule has 1 saturated heterocycles. The molecule has 0 radical (unpaired) electrons. The largest absolute Gasteiger partial charge is 0.507 e. The van der Waals surface area contributed by atoms with Crippen LogP contribution in [0.3, 0.4) is 0 Å². The third-order valence-corrected chi connectivity index (χ3v) is 7.30. The number of benzene rings is 3. The standard InChI is InChI=1S/C32H33N3O6/c1-17-8-11-21-22(14-17)34-31(33-21)35-27(18-9-13-24(40-6)25(16-18)41-7)26(29(37)30(35)38)28(36)19-10-12-23(39-5)20(15-19)32(2,3)4/h8-16,27,36H,1-7H3,(H,33,34)/b28-26+. The number of H-pyrrole nitrogens is 1. The zero-order valence-corrected chi connectivity index (χ0v) is 24.2. The predicted molar refractivity (Wildman–Crippen MR) is 157 cm³/mol. The SMILES string of the molecule is COc1ccc(C2/C(=C(\O)c3ccc(OC)c(C(C)(C)C)c3)C(=O)C(=O)N2c2nc3ccc(C)cc3[nH]2)cc1OC. The number of carbonyl (C=O) groups excluding carboxylic acids is 2. The van der Waals surface area contributed by atoms with Gasteiger partial charge in [-0.25, -0.2) is 4.98 Å². The van der Waals surface area contributed by atoms with E-state index < -0.39 is 17.7 Å². The van der Waals surface area contributed by atoms with Crippen molar-refractivity contribution >= 4 is 34.4 Å². The van der Waals surface area contributed by atoms with Crippen molar-refractivity contribution in [3.8, 4) is 17.2 Å². The third kappa shape index (κ3) is 4.77. The Morgan fingerprint density at radius 3 is 2.24 bits per heavy atom. The summed E-state index contributed by atoms with van der Waals surface area (Å²) < 4.78 is 16.5. The number of carbonyl (C=O) groups is 2. The Labute approximate surface area is 238 Å². The van der Waals surface area contributed by atoms with Crippen LogP contribution in [-0.4, -0.2) is 48.1 Å². The molecule has 3 aromatic carbocycles. The summed E-state index contributed by atoms with van der Waals surface area (Å²) in [6.07, 6.45) is 0. The van der Waals surface area contributed by atoms with Gasteiger partial charge in [-0.1, -0.05) is 32.9 Å². The summed E-state index contributed by atoms with van der Waals surface area (Å²) in [5.41, 5.74) is 3.76. The van der Waals surface area contributed by atoms with E-state index in [-0.39, 0.29) is 22.7 Å². The highest BCUT2D eigenvalue weighted by atomic mass is 16.5. The normalized spacial score (nSPS) is 16.9. The second-order valence-electron chi connectivity index (χ2n) is 11.0. The number of fused-ring (bicyclic) bond motifs is 1. The highest BCUT2D eigenvalue weighted by molar-refractivity contribution is 6.51. The zero-order valence-electron chi connectivity index (χ0n) is 24.2. The number of hydrogen-bond donors (Lipinski definition) is 2. The summed E-state index contributed by atoms with van der Waals surface area (Å²) in [5, 5.41) is 11.7. The minimum atomic E-state index is -1.00. The summed E-state index contributed by atoms with van der Waals surface area (Å²) >= 11 is 0. The van der Waals surface area contributed by atoms with Crippen LogP contribution in [0.15, 0.2) is 60.2 Å². The van der Waals surface area contributed by atoms with Crippen LogP contribution in [0.5, 0.6) is 17.2 Å². The topological polar surface area (TPSA) is 114 Å². The van der Waals surface area contributed by atoms with Gasteiger partial charge in [0.15, 0.2) is 11.5 Å². The molecule has 9 heteroatoms. The number of aromatic nitrogens is 2. The van der Waals surface area contributed by atoms with Gasteiger partial charge in [0.25, 0.3) is 5.78 Å². The van der Waals surface area contributed by atoms with Crippen LogP contribution in [0.4, 0.5) is 5.95 Å². The van der Waals surface area contributed by atoms with Crippen LogP contribution >= 0.6 is 0 Å². The monoisotopic (exact) mass is 555 g/mol. The van der Waals surface area contributed by atoms with Crippen molar-refractivity contribution in [1.82, 2.24) is 9.97 Å². The minimum Gasteiger partial charge on any atom is -0.507 e. The Hall–Kier alpha value is -4.79. The molecule has 41 heavy (non-hydrogen) atoms. The first-order valence-corrected chi connectivity index (χ1v) is 13.2. The number of hydrogen-bond acceptors (Lipinski definition) is 7. The van der Waals surface area contributed by atoms with Gasteiger partial charge in [0, 0.05) is 11.1 Å². The quantitative estimate of drug-likeness (QED) is 0.175. The van der Waals surface area contributed by atoms with Crippen LogP contribution in [0, 0.1) is 6.92 Å². The zero-order chi connectivity index (χ0) is 29.6. The molecule has 9 nitrogen and oxygen atoms in total. The summed E-state index contributed by atoms with van der Waals surface area (Å²) in [6.45, 7) is 8.04. The average Bonchev–Trinajstić information content (AvgIpc) is 3.48. The number of rotatable bonds is 6. The van der Waals surface area contributed by atoms with Crippen LogP contribution in [0.25, 0.3) is 16.8 Å². The lowest BCUT2D eigenvalue weighted by molar-refractivity contribution is -0.132. The first-order chi connectivity index (χ1) is 19.5. The second kappa shape index (κ2) is 10.3. The molecule has 0 aliphatic carbocycles. The number of aliphatic hydroxyl groups excluding tert-OH is 1. The van der Waals surface area contributed by atoms with Crippen LogP contribution in [0.2, 0.25) is 0 Å². The Kier molecular flexibility index (Phi) is 6.98.